The molecule has 0 aliphatic heterocycles. The van der Waals surface area contributed by atoms with Gasteiger partial charge in [-0.25, -0.2) is 9.97 Å². The van der Waals surface area contributed by atoms with E-state index in [-0.39, 0.29) is 0 Å². The average Bonchev–Trinajstić information content (AvgIpc) is 3.77. The average molecular weight is 610 g/mol. The summed E-state index contributed by atoms with van der Waals surface area (Å²) in [5.41, 5.74) is 6.67. The van der Waals surface area contributed by atoms with Gasteiger partial charge in [0, 0.05) is 52.0 Å². The number of rotatable bonds is 3. The molecule has 0 spiro atoms. The van der Waals surface area contributed by atoms with Gasteiger partial charge in [-0.05, 0) is 41.5 Å². The van der Waals surface area contributed by atoms with Crippen LogP contribution < -0.4 is 0 Å². The lowest BCUT2D eigenvalue weighted by Crippen LogP contribution is -2.02. The number of fused-ring (bicyclic) bond motifs is 10. The van der Waals surface area contributed by atoms with Crippen molar-refractivity contribution in [3.63, 3.8) is 0 Å². The van der Waals surface area contributed by atoms with Crippen LogP contribution in [0.1, 0.15) is 0 Å². The van der Waals surface area contributed by atoms with E-state index in [0.29, 0.717) is 5.95 Å². The molecule has 0 aliphatic rings. The Morgan fingerprint density at radius 3 is 1.82 bits per heavy atom. The Morgan fingerprint density at radius 2 is 1.02 bits per heavy atom. The van der Waals surface area contributed by atoms with Crippen LogP contribution in [-0.2, 0) is 0 Å². The Kier molecular flexibility index (Phi) is 5.32. The normalized spacial score (nSPS) is 12.0. The highest BCUT2D eigenvalue weighted by atomic mass is 32.1. The zero-order valence-electron chi connectivity index (χ0n) is 23.9. The van der Waals surface area contributed by atoms with Crippen LogP contribution in [0.4, 0.5) is 0 Å². The number of para-hydroxylation sites is 1. The summed E-state index contributed by atoms with van der Waals surface area (Å²) < 4.78 is 6.09. The molecule has 0 unspecified atom stereocenters. The fourth-order valence-corrected chi connectivity index (χ4v) is 9.05. The van der Waals surface area contributed by atoms with Crippen LogP contribution >= 0.6 is 22.7 Å². The van der Waals surface area contributed by atoms with E-state index in [1.165, 1.54) is 52.2 Å². The van der Waals surface area contributed by atoms with Gasteiger partial charge in [-0.1, -0.05) is 109 Å². The van der Waals surface area contributed by atoms with E-state index in [1.54, 1.807) is 11.3 Å². The molecule has 4 heterocycles. The van der Waals surface area contributed by atoms with Crippen molar-refractivity contribution < 1.29 is 0 Å². The van der Waals surface area contributed by atoms with Crippen molar-refractivity contribution in [3.05, 3.63) is 140 Å². The first kappa shape index (κ1) is 25.0. The predicted molar refractivity (Wildman–Crippen MR) is 193 cm³/mol. The molecule has 10 aromatic rings. The molecule has 4 aromatic heterocycles. The third-order valence-electron chi connectivity index (χ3n) is 8.87. The summed E-state index contributed by atoms with van der Waals surface area (Å²) in [6.45, 7) is 0. The molecule has 10 rings (SSSR count). The third kappa shape index (κ3) is 3.69. The minimum atomic E-state index is 0.696. The Balaban J connectivity index is 1.29. The van der Waals surface area contributed by atoms with Crippen LogP contribution in [0.15, 0.2) is 140 Å². The van der Waals surface area contributed by atoms with Crippen molar-refractivity contribution in [2.45, 2.75) is 0 Å². The first-order chi connectivity index (χ1) is 22.3. The maximum absolute atomic E-state index is 5.43. The van der Waals surface area contributed by atoms with Gasteiger partial charge in [0.15, 0.2) is 0 Å². The number of hydrogen-bond acceptors (Lipinski definition) is 4. The molecule has 45 heavy (non-hydrogen) atoms. The summed E-state index contributed by atoms with van der Waals surface area (Å²) in [7, 11) is 0. The molecule has 3 nitrogen and oxygen atoms in total. The smallest absolute Gasteiger partial charge is 0.236 e. The Hall–Kier alpha value is -5.36. The maximum Gasteiger partial charge on any atom is 0.236 e. The minimum Gasteiger partial charge on any atom is -0.278 e. The van der Waals surface area contributed by atoms with Crippen LogP contribution in [0.3, 0.4) is 0 Å². The van der Waals surface area contributed by atoms with E-state index >= 15 is 0 Å². The molecular formula is C40H23N3S2. The molecule has 0 saturated carbocycles. The second-order valence-electron chi connectivity index (χ2n) is 11.4. The lowest BCUT2D eigenvalue weighted by atomic mass is 10.0. The predicted octanol–water partition coefficient (Wildman–Crippen LogP) is 11.6. The van der Waals surface area contributed by atoms with Gasteiger partial charge < -0.3 is 0 Å². The van der Waals surface area contributed by atoms with Gasteiger partial charge in [-0.2, -0.15) is 0 Å². The van der Waals surface area contributed by atoms with Gasteiger partial charge in [0.2, 0.25) is 5.95 Å². The number of aromatic nitrogens is 3. The van der Waals surface area contributed by atoms with Crippen molar-refractivity contribution in [3.8, 4) is 28.3 Å². The van der Waals surface area contributed by atoms with Gasteiger partial charge >= 0.3 is 0 Å². The van der Waals surface area contributed by atoms with Crippen molar-refractivity contribution >= 4 is 85.0 Å². The fourth-order valence-electron chi connectivity index (χ4n) is 6.86. The molecule has 0 saturated heterocycles. The molecule has 0 aliphatic carbocycles. The summed E-state index contributed by atoms with van der Waals surface area (Å²) in [6.07, 6.45) is 0. The van der Waals surface area contributed by atoms with Gasteiger partial charge in [0.1, 0.15) is 4.83 Å². The molecule has 0 atom stereocenters. The fraction of sp³-hybridized carbons (Fsp3) is 0. The highest BCUT2D eigenvalue weighted by Gasteiger charge is 2.22. The van der Waals surface area contributed by atoms with Gasteiger partial charge in [0.25, 0.3) is 0 Å². The van der Waals surface area contributed by atoms with E-state index in [4.69, 9.17) is 9.97 Å². The second kappa shape index (κ2) is 9.57. The first-order valence-electron chi connectivity index (χ1n) is 15.0. The summed E-state index contributed by atoms with van der Waals surface area (Å²) >= 11 is 3.59. The van der Waals surface area contributed by atoms with Crippen LogP contribution in [0.5, 0.6) is 0 Å². The first-order valence-corrected chi connectivity index (χ1v) is 16.6. The van der Waals surface area contributed by atoms with Gasteiger partial charge in [0.05, 0.1) is 16.7 Å². The Labute approximate surface area is 266 Å². The molecule has 6 aromatic carbocycles. The summed E-state index contributed by atoms with van der Waals surface area (Å²) in [4.78, 5) is 11.7. The van der Waals surface area contributed by atoms with Crippen molar-refractivity contribution in [1.29, 1.82) is 0 Å². The monoisotopic (exact) mass is 609 g/mol. The van der Waals surface area contributed by atoms with E-state index in [1.807, 2.05) is 11.3 Å². The lowest BCUT2D eigenvalue weighted by molar-refractivity contribution is 1.02. The molecule has 0 radical (unpaired) electrons. The van der Waals surface area contributed by atoms with E-state index in [2.05, 4.69) is 144 Å². The molecule has 0 amide bonds. The maximum atomic E-state index is 5.43. The van der Waals surface area contributed by atoms with Crippen LogP contribution in [0.2, 0.25) is 0 Å². The zero-order chi connectivity index (χ0) is 29.5. The second-order valence-corrected chi connectivity index (χ2v) is 13.5. The number of nitrogens with zero attached hydrogens (tertiary/aromatic N) is 3. The quantitative estimate of drug-likeness (QED) is 0.199. The summed E-state index contributed by atoms with van der Waals surface area (Å²) in [5.74, 6) is 0.696. The van der Waals surface area contributed by atoms with Gasteiger partial charge in [-0.3, -0.25) is 4.57 Å². The molecule has 0 N–H and O–H groups in total. The number of hydrogen-bond donors (Lipinski definition) is 0. The van der Waals surface area contributed by atoms with Crippen LogP contribution in [0, 0.1) is 0 Å². The Bertz CT molecular complexity index is 2750. The Morgan fingerprint density at radius 1 is 0.400 bits per heavy atom. The SMILES string of the molecule is c1ccc(-c2ccc(-c3nc(-n4c5ccccc5c5c6c(ccc54)sc4ccccc46)nc4sc5ccccc5c34)cc2)cc1. The highest BCUT2D eigenvalue weighted by Crippen LogP contribution is 2.44. The molecule has 5 heteroatoms. The topological polar surface area (TPSA) is 30.7 Å². The van der Waals surface area contributed by atoms with Gasteiger partial charge in [-0.15, -0.1) is 22.7 Å². The molecule has 0 bridgehead atoms. The summed E-state index contributed by atoms with van der Waals surface area (Å²) in [5, 5.41) is 7.39. The van der Waals surface area contributed by atoms with E-state index in [9.17, 15) is 0 Å². The van der Waals surface area contributed by atoms with E-state index < -0.39 is 0 Å². The molecule has 210 valence electrons. The number of benzene rings is 6. The largest absolute Gasteiger partial charge is 0.278 e. The highest BCUT2D eigenvalue weighted by molar-refractivity contribution is 7.26. The standard InChI is InChI=1S/C40H23N3S2/c1-2-10-24(11-3-1)25-18-20-26(21-19-25)38-37-29-14-6-9-17-33(29)45-39(37)42-40(41-38)43-30-15-7-4-12-27(30)35-31(43)22-23-34-36(35)28-13-5-8-16-32(28)44-34/h1-23H. The lowest BCUT2D eigenvalue weighted by Gasteiger charge is -2.11. The third-order valence-corrected chi connectivity index (χ3v) is 11.1. The van der Waals surface area contributed by atoms with Crippen molar-refractivity contribution in [2.75, 3.05) is 0 Å². The van der Waals surface area contributed by atoms with E-state index in [0.717, 1.165) is 32.5 Å². The zero-order valence-corrected chi connectivity index (χ0v) is 25.6. The molecular weight excluding hydrogens is 587 g/mol. The van der Waals surface area contributed by atoms with Crippen LogP contribution in [-0.4, -0.2) is 14.5 Å². The van der Waals surface area contributed by atoms with Crippen molar-refractivity contribution in [1.82, 2.24) is 14.5 Å². The van der Waals surface area contributed by atoms with Crippen LogP contribution in [0.25, 0.3) is 90.6 Å². The molecule has 0 fully saturated rings. The minimum absolute atomic E-state index is 0.696. The summed E-state index contributed by atoms with van der Waals surface area (Å²) in [6, 6.07) is 49.8. The number of thiophene rings is 2. The van der Waals surface area contributed by atoms with Crippen molar-refractivity contribution in [2.24, 2.45) is 0 Å².